The number of hydrogen-bond donors (Lipinski definition) is 2. The van der Waals surface area contributed by atoms with E-state index >= 15 is 0 Å². The molecule has 1 heterocycles. The summed E-state index contributed by atoms with van der Waals surface area (Å²) in [7, 11) is 0. The largest absolute Gasteiger partial charge is 0.494 e. The lowest BCUT2D eigenvalue weighted by Crippen LogP contribution is -2.27. The molecule has 2 N–H and O–H groups in total. The van der Waals surface area contributed by atoms with E-state index in [0.717, 1.165) is 40.1 Å². The van der Waals surface area contributed by atoms with Gasteiger partial charge in [0, 0.05) is 23.7 Å². The van der Waals surface area contributed by atoms with Crippen LogP contribution in [0.1, 0.15) is 26.3 Å². The third-order valence-electron chi connectivity index (χ3n) is 5.09. The third-order valence-corrected chi connectivity index (χ3v) is 5.09. The molecule has 0 amide bonds. The van der Waals surface area contributed by atoms with Gasteiger partial charge in [-0.25, -0.2) is 0 Å². The Morgan fingerprint density at radius 2 is 1.85 bits per heavy atom. The molecule has 0 aliphatic carbocycles. The van der Waals surface area contributed by atoms with Crippen molar-refractivity contribution in [3.8, 4) is 23.1 Å². The van der Waals surface area contributed by atoms with Crippen molar-refractivity contribution in [1.82, 2.24) is 9.88 Å². The molecule has 1 aromatic heterocycles. The van der Waals surface area contributed by atoms with Crippen molar-refractivity contribution < 1.29 is 19.0 Å². The van der Waals surface area contributed by atoms with Crippen molar-refractivity contribution in [3.05, 3.63) is 48.0 Å². The smallest absolute Gasteiger partial charge is 0.319 e. The van der Waals surface area contributed by atoms with Gasteiger partial charge in [-0.2, -0.15) is 5.26 Å². The van der Waals surface area contributed by atoms with Crippen LogP contribution in [0.15, 0.2) is 42.5 Å². The van der Waals surface area contributed by atoms with Crippen LogP contribution in [-0.4, -0.2) is 43.8 Å². The molecule has 0 aliphatic rings. The second kappa shape index (κ2) is 11.9. The number of fused-ring (bicyclic) bond motifs is 1. The molecule has 2 aromatic carbocycles. The molecular formula is C25H30N4O4. The van der Waals surface area contributed by atoms with E-state index in [1.165, 1.54) is 0 Å². The summed E-state index contributed by atoms with van der Waals surface area (Å²) in [5.74, 6) is 0.490. The Morgan fingerprint density at radius 3 is 2.52 bits per heavy atom. The molecule has 8 nitrogen and oxygen atoms in total. The fourth-order valence-corrected chi connectivity index (χ4v) is 3.70. The molecule has 0 atom stereocenters. The topological polar surface area (TPSA) is 97.5 Å². The lowest BCUT2D eigenvalue weighted by Gasteiger charge is -2.11. The van der Waals surface area contributed by atoms with Gasteiger partial charge in [0.15, 0.2) is 0 Å². The molecule has 0 unspecified atom stereocenters. The lowest BCUT2D eigenvalue weighted by atomic mass is 10.1. The highest BCUT2D eigenvalue weighted by Gasteiger charge is 2.18. The monoisotopic (exact) mass is 450 g/mol. The third kappa shape index (κ3) is 5.83. The average molecular weight is 451 g/mol. The molecule has 33 heavy (non-hydrogen) atoms. The molecule has 3 aromatic rings. The first kappa shape index (κ1) is 24.1. The van der Waals surface area contributed by atoms with Gasteiger partial charge < -0.3 is 24.1 Å². The fourth-order valence-electron chi connectivity index (χ4n) is 3.70. The number of rotatable bonds is 12. The van der Waals surface area contributed by atoms with Crippen LogP contribution in [0.3, 0.4) is 0 Å². The van der Waals surface area contributed by atoms with Crippen molar-refractivity contribution in [2.75, 3.05) is 38.5 Å². The molecule has 0 saturated heterocycles. The second-order valence-corrected chi connectivity index (χ2v) is 7.17. The van der Waals surface area contributed by atoms with E-state index in [4.69, 9.17) is 14.2 Å². The molecule has 0 saturated carbocycles. The second-order valence-electron chi connectivity index (χ2n) is 7.17. The fraction of sp³-hybridized carbons (Fsp3) is 0.360. The summed E-state index contributed by atoms with van der Waals surface area (Å²) in [5, 5.41) is 16.9. The summed E-state index contributed by atoms with van der Waals surface area (Å²) in [4.78, 5) is 11.3. The molecule has 8 heteroatoms. The Labute approximate surface area is 194 Å². The number of carbonyl (C=O) groups is 1. The number of esters is 1. The summed E-state index contributed by atoms with van der Waals surface area (Å²) in [6.07, 6.45) is 0. The van der Waals surface area contributed by atoms with Gasteiger partial charge in [0.25, 0.3) is 0 Å². The zero-order valence-electron chi connectivity index (χ0n) is 19.3. The van der Waals surface area contributed by atoms with Gasteiger partial charge in [-0.1, -0.05) is 12.1 Å². The molecule has 0 spiro atoms. The number of nitriles is 1. The normalized spacial score (nSPS) is 10.7. The number of carbonyl (C=O) groups excluding carboxylic acids is 1. The van der Waals surface area contributed by atoms with E-state index in [-0.39, 0.29) is 26.0 Å². The van der Waals surface area contributed by atoms with Crippen molar-refractivity contribution in [2.24, 2.45) is 0 Å². The summed E-state index contributed by atoms with van der Waals surface area (Å²) >= 11 is 0. The number of benzene rings is 2. The molecule has 174 valence electrons. The Bertz CT molecular complexity index is 1120. The van der Waals surface area contributed by atoms with E-state index in [1.807, 2.05) is 49.4 Å². The molecule has 0 bridgehead atoms. The van der Waals surface area contributed by atoms with Crippen LogP contribution in [0.25, 0.3) is 22.2 Å². The maximum absolute atomic E-state index is 11.3. The summed E-state index contributed by atoms with van der Waals surface area (Å²) < 4.78 is 18.1. The average Bonchev–Trinajstić information content (AvgIpc) is 3.14. The number of nitrogens with zero attached hydrogens (tertiary/aromatic N) is 2. The van der Waals surface area contributed by atoms with Crippen molar-refractivity contribution >= 4 is 22.6 Å². The lowest BCUT2D eigenvalue weighted by molar-refractivity contribution is -0.142. The minimum atomic E-state index is -0.306. The zero-order valence-corrected chi connectivity index (χ0v) is 19.3. The van der Waals surface area contributed by atoms with Crippen LogP contribution in [-0.2, 0) is 20.8 Å². The first-order chi connectivity index (χ1) is 16.1. The van der Waals surface area contributed by atoms with Gasteiger partial charge in [0.2, 0.25) is 0 Å². The van der Waals surface area contributed by atoms with Crippen LogP contribution in [0.4, 0.5) is 5.69 Å². The van der Waals surface area contributed by atoms with E-state index in [2.05, 4.69) is 28.2 Å². The van der Waals surface area contributed by atoms with Crippen molar-refractivity contribution in [3.63, 3.8) is 0 Å². The van der Waals surface area contributed by atoms with Gasteiger partial charge in [0.05, 0.1) is 43.3 Å². The zero-order chi connectivity index (χ0) is 23.6. The van der Waals surface area contributed by atoms with E-state index in [9.17, 15) is 10.1 Å². The van der Waals surface area contributed by atoms with E-state index in [0.29, 0.717) is 18.8 Å². The maximum Gasteiger partial charge on any atom is 0.319 e. The predicted octanol–water partition coefficient (Wildman–Crippen LogP) is 4.09. The van der Waals surface area contributed by atoms with Gasteiger partial charge in [0.1, 0.15) is 18.5 Å². The first-order valence-electron chi connectivity index (χ1n) is 11.1. The Kier molecular flexibility index (Phi) is 8.70. The van der Waals surface area contributed by atoms with Gasteiger partial charge in [-0.15, -0.1) is 0 Å². The number of nitrogens with one attached hydrogen (secondary N) is 2. The summed E-state index contributed by atoms with van der Waals surface area (Å²) in [6.45, 7) is 8.11. The highest BCUT2D eigenvalue weighted by molar-refractivity contribution is 5.95. The van der Waals surface area contributed by atoms with E-state index < -0.39 is 0 Å². The van der Waals surface area contributed by atoms with Gasteiger partial charge in [-0.05, 0) is 50.6 Å². The maximum atomic E-state index is 11.3. The predicted molar refractivity (Wildman–Crippen MR) is 128 cm³/mol. The first-order valence-corrected chi connectivity index (χ1v) is 11.1. The summed E-state index contributed by atoms with van der Waals surface area (Å²) in [5.41, 5.74) is 4.40. The van der Waals surface area contributed by atoms with E-state index in [1.54, 1.807) is 6.92 Å². The Morgan fingerprint density at radius 1 is 1.06 bits per heavy atom. The highest BCUT2D eigenvalue weighted by Crippen LogP contribution is 2.35. The molecule has 3 rings (SSSR count). The van der Waals surface area contributed by atoms with Crippen LogP contribution < -0.4 is 15.4 Å². The molecule has 0 aliphatic heterocycles. The van der Waals surface area contributed by atoms with Crippen molar-refractivity contribution in [2.45, 2.75) is 27.3 Å². The number of aromatic nitrogens is 1. The molecular weight excluding hydrogens is 420 g/mol. The number of anilines is 1. The van der Waals surface area contributed by atoms with Crippen molar-refractivity contribution in [1.29, 1.82) is 5.26 Å². The standard InChI is InChI=1S/C25H30N4O4/c1-4-29-23-13-20(32-5-2)11-12-21(23)22(14-26)25(29)18-7-9-19(10-8-18)28-17-31-16-27-15-24(30)33-6-3/h7-13,27-28H,4-6,15-17H2,1-3H3. The minimum absolute atomic E-state index is 0.112. The van der Waals surface area contributed by atoms with Gasteiger partial charge >= 0.3 is 5.97 Å². The van der Waals surface area contributed by atoms with Crippen LogP contribution in [0, 0.1) is 11.3 Å². The Hall–Kier alpha value is -3.54. The molecule has 0 radical (unpaired) electrons. The van der Waals surface area contributed by atoms with Gasteiger partial charge in [-0.3, -0.25) is 10.1 Å². The van der Waals surface area contributed by atoms with Crippen LogP contribution in [0.5, 0.6) is 5.75 Å². The Balaban J connectivity index is 1.69. The minimum Gasteiger partial charge on any atom is -0.494 e. The number of hydrogen-bond acceptors (Lipinski definition) is 7. The van der Waals surface area contributed by atoms with Crippen LogP contribution in [0.2, 0.25) is 0 Å². The quantitative estimate of drug-likeness (QED) is 0.244. The molecule has 0 fully saturated rings. The van der Waals surface area contributed by atoms with Crippen LogP contribution >= 0.6 is 0 Å². The summed E-state index contributed by atoms with van der Waals surface area (Å²) in [6, 6.07) is 16.1. The number of aryl methyl sites for hydroxylation is 1. The SMILES string of the molecule is CCOC(=O)CNCOCNc1ccc(-c2c(C#N)c3ccc(OCC)cc3n2CC)cc1. The number of ether oxygens (including phenoxy) is 3. The highest BCUT2D eigenvalue weighted by atomic mass is 16.5.